The number of carbonyl (C=O) groups excluding carboxylic acids is 1. The molecule has 2 heterocycles. The van der Waals surface area contributed by atoms with Gasteiger partial charge in [-0.2, -0.15) is 5.26 Å². The van der Waals surface area contributed by atoms with Gasteiger partial charge in [0.2, 0.25) is 5.91 Å². The molecular weight excluding hydrogens is 319 g/mol. The molecule has 2 N–H and O–H groups in total. The summed E-state index contributed by atoms with van der Waals surface area (Å²) in [5.74, 6) is 0.983. The van der Waals surface area contributed by atoms with E-state index >= 15 is 0 Å². The summed E-state index contributed by atoms with van der Waals surface area (Å²) in [7, 11) is 0. The molecule has 0 radical (unpaired) electrons. The number of alkyl halides is 1. The number of halogens is 1. The second-order valence-corrected chi connectivity index (χ2v) is 7.47. The van der Waals surface area contributed by atoms with Crippen molar-refractivity contribution in [1.82, 2.24) is 10.6 Å². The molecule has 1 saturated carbocycles. The first-order valence-electron chi connectivity index (χ1n) is 9.07. The number of nitrogens with one attached hydrogen (secondary N) is 2. The quantitative estimate of drug-likeness (QED) is 0.875. The number of benzene rings is 1. The van der Waals surface area contributed by atoms with E-state index in [0.717, 1.165) is 31.6 Å². The highest BCUT2D eigenvalue weighted by atomic mass is 19.1. The third kappa shape index (κ3) is 3.21. The van der Waals surface area contributed by atoms with Gasteiger partial charge in [-0.1, -0.05) is 0 Å². The average Bonchev–Trinajstić information content (AvgIpc) is 3.32. The Morgan fingerprint density at radius 2 is 2.08 bits per heavy atom. The van der Waals surface area contributed by atoms with Gasteiger partial charge in [0.1, 0.15) is 6.17 Å². The van der Waals surface area contributed by atoms with Crippen LogP contribution in [0, 0.1) is 23.2 Å². The highest BCUT2D eigenvalue weighted by Gasteiger charge is 2.44. The second-order valence-electron chi connectivity index (χ2n) is 7.47. The van der Waals surface area contributed by atoms with E-state index in [2.05, 4.69) is 21.6 Å². The Morgan fingerprint density at radius 1 is 1.28 bits per heavy atom. The summed E-state index contributed by atoms with van der Waals surface area (Å²) in [4.78, 5) is 14.7. The molecule has 3 fully saturated rings. The lowest BCUT2D eigenvalue weighted by Gasteiger charge is -2.24. The van der Waals surface area contributed by atoms with Crippen molar-refractivity contribution >= 4 is 11.6 Å². The molecule has 1 amide bonds. The van der Waals surface area contributed by atoms with E-state index in [0.29, 0.717) is 17.4 Å². The minimum Gasteiger partial charge on any atom is -0.371 e. The minimum atomic E-state index is -0.912. The number of amides is 1. The van der Waals surface area contributed by atoms with Gasteiger partial charge in [-0.15, -0.1) is 0 Å². The molecule has 5 atom stereocenters. The summed E-state index contributed by atoms with van der Waals surface area (Å²) in [6, 6.07) is 9.63. The lowest BCUT2D eigenvalue weighted by atomic mass is 9.97. The summed E-state index contributed by atoms with van der Waals surface area (Å²) in [6.45, 7) is 2.20. The van der Waals surface area contributed by atoms with Gasteiger partial charge >= 0.3 is 0 Å². The lowest BCUT2D eigenvalue weighted by molar-refractivity contribution is -0.123. The fourth-order valence-electron chi connectivity index (χ4n) is 4.58. The third-order valence-corrected chi connectivity index (χ3v) is 5.94. The maximum Gasteiger partial charge on any atom is 0.237 e. The van der Waals surface area contributed by atoms with Gasteiger partial charge in [0.15, 0.2) is 0 Å². The van der Waals surface area contributed by atoms with Crippen molar-refractivity contribution in [2.45, 2.75) is 37.5 Å². The van der Waals surface area contributed by atoms with Crippen molar-refractivity contribution in [3.63, 3.8) is 0 Å². The molecule has 2 saturated heterocycles. The van der Waals surface area contributed by atoms with E-state index in [9.17, 15) is 9.18 Å². The molecular formula is C19H23FN4O. The van der Waals surface area contributed by atoms with Gasteiger partial charge in [-0.3, -0.25) is 4.79 Å². The van der Waals surface area contributed by atoms with Crippen LogP contribution in [-0.4, -0.2) is 43.8 Å². The van der Waals surface area contributed by atoms with Crippen molar-refractivity contribution in [1.29, 1.82) is 5.26 Å². The fourth-order valence-corrected chi connectivity index (χ4v) is 4.58. The number of fused-ring (bicyclic) bond motifs is 1. The van der Waals surface area contributed by atoms with E-state index < -0.39 is 6.17 Å². The van der Waals surface area contributed by atoms with E-state index in [1.807, 2.05) is 24.3 Å². The van der Waals surface area contributed by atoms with Gasteiger partial charge in [0, 0.05) is 43.7 Å². The Morgan fingerprint density at radius 3 is 2.76 bits per heavy atom. The standard InChI is InChI=1S/C19H23FN4O/c20-14-7-18(22-9-14)19(25)23-17-6-3-13-10-24(11-16(13)17)15-4-1-12(8-21)2-5-15/h1-2,4-5,13-14,16-18,22H,3,6-7,9-11H2,(H,23,25)/t13-,14-,16+,17+,18+/m1/s1. The predicted molar refractivity (Wildman–Crippen MR) is 92.8 cm³/mol. The van der Waals surface area contributed by atoms with Crippen LogP contribution in [0.4, 0.5) is 10.1 Å². The first-order chi connectivity index (χ1) is 12.1. The monoisotopic (exact) mass is 342 g/mol. The van der Waals surface area contributed by atoms with Crippen molar-refractivity contribution in [2.75, 3.05) is 24.5 Å². The largest absolute Gasteiger partial charge is 0.371 e. The van der Waals surface area contributed by atoms with Crippen LogP contribution in [-0.2, 0) is 4.79 Å². The highest BCUT2D eigenvalue weighted by Crippen LogP contribution is 2.40. The van der Waals surface area contributed by atoms with Gasteiger partial charge < -0.3 is 15.5 Å². The van der Waals surface area contributed by atoms with Crippen molar-refractivity contribution in [3.8, 4) is 6.07 Å². The van der Waals surface area contributed by atoms with Crippen LogP contribution >= 0.6 is 0 Å². The number of carbonyl (C=O) groups is 1. The molecule has 1 aliphatic carbocycles. The van der Waals surface area contributed by atoms with Gasteiger partial charge in [-0.25, -0.2) is 4.39 Å². The summed E-state index contributed by atoms with van der Waals surface area (Å²) in [5, 5.41) is 15.0. The molecule has 0 bridgehead atoms. The maximum atomic E-state index is 13.3. The SMILES string of the molecule is N#Cc1ccc(N2C[C@H]3CC[C@H](NC(=O)[C@@H]4C[C@@H](F)CN4)[C@H]3C2)cc1. The number of nitriles is 1. The first-order valence-corrected chi connectivity index (χ1v) is 9.07. The Hall–Kier alpha value is -2.13. The fraction of sp³-hybridized carbons (Fsp3) is 0.579. The summed E-state index contributed by atoms with van der Waals surface area (Å²) >= 11 is 0. The summed E-state index contributed by atoms with van der Waals surface area (Å²) in [5.41, 5.74) is 1.81. The molecule has 132 valence electrons. The zero-order valence-electron chi connectivity index (χ0n) is 14.1. The van der Waals surface area contributed by atoms with Crippen molar-refractivity contribution < 1.29 is 9.18 Å². The van der Waals surface area contributed by atoms with E-state index in [1.165, 1.54) is 0 Å². The van der Waals surface area contributed by atoms with Crippen LogP contribution in [0.2, 0.25) is 0 Å². The molecule has 5 nitrogen and oxygen atoms in total. The first kappa shape index (κ1) is 16.3. The number of hydrogen-bond acceptors (Lipinski definition) is 4. The molecule has 1 aromatic rings. The Balaban J connectivity index is 1.38. The highest BCUT2D eigenvalue weighted by molar-refractivity contribution is 5.82. The number of rotatable bonds is 3. The molecule has 6 heteroatoms. The van der Waals surface area contributed by atoms with Crippen LogP contribution in [0.25, 0.3) is 0 Å². The Kier molecular flexibility index (Phi) is 4.34. The number of hydrogen-bond donors (Lipinski definition) is 2. The Labute approximate surface area is 147 Å². The molecule has 0 spiro atoms. The van der Waals surface area contributed by atoms with E-state index in [-0.39, 0.29) is 31.0 Å². The molecule has 0 aromatic heterocycles. The predicted octanol–water partition coefficient (Wildman–Crippen LogP) is 1.59. The maximum absolute atomic E-state index is 13.3. The van der Waals surface area contributed by atoms with Gasteiger partial charge in [-0.05, 0) is 43.0 Å². The molecule has 0 unspecified atom stereocenters. The number of nitrogens with zero attached hydrogens (tertiary/aromatic N) is 2. The zero-order chi connectivity index (χ0) is 17.4. The smallest absolute Gasteiger partial charge is 0.237 e. The molecule has 1 aromatic carbocycles. The normalized spacial score (nSPS) is 33.9. The molecule has 3 aliphatic rings. The topological polar surface area (TPSA) is 68.2 Å². The van der Waals surface area contributed by atoms with Crippen LogP contribution < -0.4 is 15.5 Å². The average molecular weight is 342 g/mol. The zero-order valence-corrected chi connectivity index (χ0v) is 14.1. The summed E-state index contributed by atoms with van der Waals surface area (Å²) in [6.07, 6.45) is 1.50. The Bertz CT molecular complexity index is 686. The van der Waals surface area contributed by atoms with Crippen LogP contribution in [0.1, 0.15) is 24.8 Å². The van der Waals surface area contributed by atoms with Gasteiger partial charge in [0.05, 0.1) is 17.7 Å². The lowest BCUT2D eigenvalue weighted by Crippen LogP contribution is -2.47. The summed E-state index contributed by atoms with van der Waals surface area (Å²) < 4.78 is 13.3. The van der Waals surface area contributed by atoms with Crippen LogP contribution in [0.5, 0.6) is 0 Å². The van der Waals surface area contributed by atoms with E-state index in [4.69, 9.17) is 5.26 Å². The molecule has 25 heavy (non-hydrogen) atoms. The third-order valence-electron chi connectivity index (χ3n) is 5.94. The van der Waals surface area contributed by atoms with Gasteiger partial charge in [0.25, 0.3) is 0 Å². The van der Waals surface area contributed by atoms with Crippen LogP contribution in [0.15, 0.2) is 24.3 Å². The van der Waals surface area contributed by atoms with Crippen molar-refractivity contribution in [3.05, 3.63) is 29.8 Å². The molecule has 4 rings (SSSR count). The second kappa shape index (κ2) is 6.64. The number of anilines is 1. The van der Waals surface area contributed by atoms with Crippen LogP contribution in [0.3, 0.4) is 0 Å². The molecule has 2 aliphatic heterocycles. The van der Waals surface area contributed by atoms with E-state index in [1.54, 1.807) is 0 Å². The minimum absolute atomic E-state index is 0.0531. The van der Waals surface area contributed by atoms with Crippen molar-refractivity contribution in [2.24, 2.45) is 11.8 Å².